The second kappa shape index (κ2) is 5.36. The third-order valence-electron chi connectivity index (χ3n) is 2.48. The van der Waals surface area contributed by atoms with Crippen molar-refractivity contribution in [3.8, 4) is 0 Å². The lowest BCUT2D eigenvalue weighted by Gasteiger charge is -2.06. The fraction of sp³-hybridized carbons (Fsp3) is 0.133. The van der Waals surface area contributed by atoms with Crippen molar-refractivity contribution in [3.05, 3.63) is 54.9 Å². The van der Waals surface area contributed by atoms with E-state index in [0.717, 1.165) is 17.0 Å². The zero-order valence-electron chi connectivity index (χ0n) is 10.7. The molecular formula is C15H17N3. The van der Waals surface area contributed by atoms with Gasteiger partial charge in [0.1, 0.15) is 5.84 Å². The van der Waals surface area contributed by atoms with Crippen LogP contribution in [0.15, 0.2) is 59.9 Å². The van der Waals surface area contributed by atoms with E-state index >= 15 is 0 Å². The van der Waals surface area contributed by atoms with Crippen LogP contribution in [0.4, 0.5) is 5.69 Å². The van der Waals surface area contributed by atoms with E-state index in [1.54, 1.807) is 0 Å². The third-order valence-corrected chi connectivity index (χ3v) is 2.48. The highest BCUT2D eigenvalue weighted by atomic mass is 15.0. The van der Waals surface area contributed by atoms with Gasteiger partial charge in [-0.3, -0.25) is 0 Å². The Morgan fingerprint density at radius 3 is 2.89 bits per heavy atom. The minimum atomic E-state index is 0.788. The number of rotatable bonds is 3. The number of aliphatic imine (C=N–C) groups is 1. The molecular weight excluding hydrogens is 222 g/mol. The van der Waals surface area contributed by atoms with Crippen molar-refractivity contribution >= 4 is 22.4 Å². The molecule has 0 bridgehead atoms. The van der Waals surface area contributed by atoms with Gasteiger partial charge in [-0.05, 0) is 43.5 Å². The quantitative estimate of drug-likeness (QED) is 0.614. The Balaban J connectivity index is 2.28. The Morgan fingerprint density at radius 1 is 1.33 bits per heavy atom. The molecule has 2 rings (SSSR count). The smallest absolute Gasteiger partial charge is 0.130 e. The molecule has 3 nitrogen and oxygen atoms in total. The lowest BCUT2D eigenvalue weighted by molar-refractivity contribution is 1.39. The first-order chi connectivity index (χ1) is 8.69. The fourth-order valence-corrected chi connectivity index (χ4v) is 1.75. The SMILES string of the molecule is C=CN=C(C=C(C)C)Nc1ccc2cc[nH]c2c1. The number of H-pyrrole nitrogens is 1. The van der Waals surface area contributed by atoms with Crippen LogP contribution in [0, 0.1) is 0 Å². The van der Waals surface area contributed by atoms with Crippen LogP contribution in [-0.4, -0.2) is 10.8 Å². The van der Waals surface area contributed by atoms with Gasteiger partial charge in [0.15, 0.2) is 0 Å². The van der Waals surface area contributed by atoms with E-state index in [4.69, 9.17) is 0 Å². The second-order valence-electron chi connectivity index (χ2n) is 4.32. The van der Waals surface area contributed by atoms with Gasteiger partial charge in [-0.15, -0.1) is 0 Å². The molecule has 0 saturated carbocycles. The summed E-state index contributed by atoms with van der Waals surface area (Å²) in [5, 5.41) is 4.47. The van der Waals surface area contributed by atoms with E-state index < -0.39 is 0 Å². The molecule has 0 unspecified atom stereocenters. The van der Waals surface area contributed by atoms with Crippen LogP contribution in [0.2, 0.25) is 0 Å². The summed E-state index contributed by atoms with van der Waals surface area (Å²) < 4.78 is 0. The lowest BCUT2D eigenvalue weighted by Crippen LogP contribution is -2.08. The normalized spacial score (nSPS) is 11.3. The number of aromatic amines is 1. The topological polar surface area (TPSA) is 40.2 Å². The van der Waals surface area contributed by atoms with Gasteiger partial charge in [-0.25, -0.2) is 4.99 Å². The highest BCUT2D eigenvalue weighted by molar-refractivity contribution is 6.05. The number of aromatic nitrogens is 1. The van der Waals surface area contributed by atoms with Crippen molar-refractivity contribution < 1.29 is 0 Å². The number of nitrogens with zero attached hydrogens (tertiary/aromatic N) is 1. The van der Waals surface area contributed by atoms with Crippen LogP contribution >= 0.6 is 0 Å². The first-order valence-corrected chi connectivity index (χ1v) is 5.87. The fourth-order valence-electron chi connectivity index (χ4n) is 1.75. The molecule has 0 radical (unpaired) electrons. The van der Waals surface area contributed by atoms with Crippen LogP contribution < -0.4 is 5.32 Å². The predicted octanol–water partition coefficient (Wildman–Crippen LogP) is 4.09. The molecule has 2 aromatic rings. The number of hydrogen-bond donors (Lipinski definition) is 2. The van der Waals surface area contributed by atoms with Crippen LogP contribution in [0.25, 0.3) is 10.9 Å². The van der Waals surface area contributed by atoms with E-state index in [2.05, 4.69) is 34.0 Å². The molecule has 0 amide bonds. The minimum absolute atomic E-state index is 0.788. The number of hydrogen-bond acceptors (Lipinski definition) is 1. The molecule has 1 heterocycles. The summed E-state index contributed by atoms with van der Waals surface area (Å²) >= 11 is 0. The van der Waals surface area contributed by atoms with Crippen LogP contribution in [0.5, 0.6) is 0 Å². The zero-order valence-corrected chi connectivity index (χ0v) is 10.7. The van der Waals surface area contributed by atoms with Crippen LogP contribution in [-0.2, 0) is 0 Å². The van der Waals surface area contributed by atoms with E-state index in [1.165, 1.54) is 17.2 Å². The number of anilines is 1. The maximum Gasteiger partial charge on any atom is 0.130 e. The predicted molar refractivity (Wildman–Crippen MR) is 79.0 cm³/mol. The van der Waals surface area contributed by atoms with Crippen LogP contribution in [0.3, 0.4) is 0 Å². The summed E-state index contributed by atoms with van der Waals surface area (Å²) in [5.41, 5.74) is 3.29. The number of benzene rings is 1. The first kappa shape index (κ1) is 12.2. The van der Waals surface area contributed by atoms with Gasteiger partial charge in [0.25, 0.3) is 0 Å². The number of nitrogens with one attached hydrogen (secondary N) is 2. The third kappa shape index (κ3) is 2.88. The van der Waals surface area contributed by atoms with Gasteiger partial charge in [0.05, 0.1) is 0 Å². The van der Waals surface area contributed by atoms with Crippen LogP contribution in [0.1, 0.15) is 13.8 Å². The maximum atomic E-state index is 4.21. The molecule has 0 aliphatic carbocycles. The average molecular weight is 239 g/mol. The van der Waals surface area contributed by atoms with Gasteiger partial charge in [0, 0.05) is 23.6 Å². The van der Waals surface area contributed by atoms with Gasteiger partial charge >= 0.3 is 0 Å². The van der Waals surface area contributed by atoms with Crippen molar-refractivity contribution in [1.82, 2.24) is 4.98 Å². The van der Waals surface area contributed by atoms with E-state index in [0.29, 0.717) is 0 Å². The average Bonchev–Trinajstić information content (AvgIpc) is 2.75. The summed E-state index contributed by atoms with van der Waals surface area (Å²) in [6.07, 6.45) is 5.46. The maximum absolute atomic E-state index is 4.21. The molecule has 2 N–H and O–H groups in total. The molecule has 0 spiro atoms. The molecule has 3 heteroatoms. The highest BCUT2D eigenvalue weighted by Gasteiger charge is 1.99. The van der Waals surface area contributed by atoms with Crippen molar-refractivity contribution in [2.45, 2.75) is 13.8 Å². The van der Waals surface area contributed by atoms with Gasteiger partial charge in [-0.2, -0.15) is 0 Å². The molecule has 0 fully saturated rings. The summed E-state index contributed by atoms with van der Waals surface area (Å²) in [5.74, 6) is 0.788. The summed E-state index contributed by atoms with van der Waals surface area (Å²) in [6, 6.07) is 8.22. The Labute approximate surface area is 107 Å². The zero-order chi connectivity index (χ0) is 13.0. The number of allylic oxidation sites excluding steroid dienone is 1. The Bertz CT molecular complexity index is 613. The first-order valence-electron chi connectivity index (χ1n) is 5.87. The molecule has 1 aromatic carbocycles. The molecule has 18 heavy (non-hydrogen) atoms. The number of fused-ring (bicyclic) bond motifs is 1. The van der Waals surface area contributed by atoms with E-state index in [1.807, 2.05) is 38.3 Å². The van der Waals surface area contributed by atoms with Crippen molar-refractivity contribution in [2.24, 2.45) is 4.99 Å². The standard InChI is InChI=1S/C15H17N3/c1-4-16-15(9-11(2)3)18-13-6-5-12-7-8-17-14(12)10-13/h4-10,17H,1H2,2-3H3,(H,16,18). The van der Waals surface area contributed by atoms with Crippen molar-refractivity contribution in [2.75, 3.05) is 5.32 Å². The highest BCUT2D eigenvalue weighted by Crippen LogP contribution is 2.17. The molecule has 92 valence electrons. The summed E-state index contributed by atoms with van der Waals surface area (Å²) in [4.78, 5) is 7.40. The molecule has 0 aliphatic heterocycles. The number of amidine groups is 1. The van der Waals surface area contributed by atoms with Gasteiger partial charge in [0.2, 0.25) is 0 Å². The van der Waals surface area contributed by atoms with E-state index in [9.17, 15) is 0 Å². The monoisotopic (exact) mass is 239 g/mol. The van der Waals surface area contributed by atoms with Crippen molar-refractivity contribution in [1.29, 1.82) is 0 Å². The minimum Gasteiger partial charge on any atom is -0.361 e. The molecule has 1 aromatic heterocycles. The Kier molecular flexibility index (Phi) is 3.63. The van der Waals surface area contributed by atoms with E-state index in [-0.39, 0.29) is 0 Å². The largest absolute Gasteiger partial charge is 0.361 e. The Hall–Kier alpha value is -2.29. The van der Waals surface area contributed by atoms with Gasteiger partial charge in [-0.1, -0.05) is 18.2 Å². The second-order valence-corrected chi connectivity index (χ2v) is 4.32. The molecule has 0 atom stereocenters. The molecule has 0 saturated heterocycles. The lowest BCUT2D eigenvalue weighted by atomic mass is 10.2. The summed E-state index contributed by atoms with van der Waals surface area (Å²) in [6.45, 7) is 7.70. The summed E-state index contributed by atoms with van der Waals surface area (Å²) in [7, 11) is 0. The Morgan fingerprint density at radius 2 is 2.17 bits per heavy atom. The van der Waals surface area contributed by atoms with Crippen molar-refractivity contribution in [3.63, 3.8) is 0 Å². The van der Waals surface area contributed by atoms with Gasteiger partial charge < -0.3 is 10.3 Å². The molecule has 0 aliphatic rings.